The first kappa shape index (κ1) is 15.3. The Labute approximate surface area is 124 Å². The molecule has 5 heteroatoms. The van der Waals surface area contributed by atoms with Crippen LogP contribution >= 0.6 is 11.3 Å². The van der Waals surface area contributed by atoms with Gasteiger partial charge in [0.05, 0.1) is 12.6 Å². The lowest BCUT2D eigenvalue weighted by Gasteiger charge is -2.24. The Morgan fingerprint density at radius 2 is 2.15 bits per heavy atom. The number of aliphatic hydroxyl groups is 1. The number of nitrogens with zero attached hydrogens (tertiary/aromatic N) is 1. The van der Waals surface area contributed by atoms with Gasteiger partial charge < -0.3 is 14.7 Å². The van der Waals surface area contributed by atoms with Crippen molar-refractivity contribution in [1.82, 2.24) is 4.90 Å². The maximum absolute atomic E-state index is 12.0. The maximum Gasteiger partial charge on any atom is 0.410 e. The minimum absolute atomic E-state index is 0.0934. The van der Waals surface area contributed by atoms with Gasteiger partial charge in [-0.15, -0.1) is 0 Å². The monoisotopic (exact) mass is 297 g/mol. The number of likely N-dealkylation sites (tertiary alicyclic amines) is 1. The lowest BCUT2D eigenvalue weighted by atomic mass is 9.96. The van der Waals surface area contributed by atoms with Crippen molar-refractivity contribution in [1.29, 1.82) is 0 Å². The summed E-state index contributed by atoms with van der Waals surface area (Å²) in [5, 5.41) is 14.4. The van der Waals surface area contributed by atoms with E-state index in [0.717, 1.165) is 6.42 Å². The highest BCUT2D eigenvalue weighted by atomic mass is 32.1. The molecule has 20 heavy (non-hydrogen) atoms. The molecule has 1 saturated heterocycles. The quantitative estimate of drug-likeness (QED) is 0.913. The number of thiophene rings is 1. The Kier molecular flexibility index (Phi) is 4.39. The number of carbonyl (C=O) groups is 1. The second-order valence-electron chi connectivity index (χ2n) is 6.50. The van der Waals surface area contributed by atoms with E-state index in [2.05, 4.69) is 17.7 Å². The zero-order valence-corrected chi connectivity index (χ0v) is 13.4. The molecule has 4 nitrogen and oxygen atoms in total. The molecule has 1 fully saturated rings. The van der Waals surface area contributed by atoms with Crippen LogP contribution in [0.5, 0.6) is 0 Å². The number of carbonyl (C=O) groups excluding carboxylic acids is 1. The third kappa shape index (κ3) is 3.73. The van der Waals surface area contributed by atoms with Crippen molar-refractivity contribution in [2.45, 2.75) is 45.8 Å². The van der Waals surface area contributed by atoms with E-state index in [4.69, 9.17) is 4.74 Å². The first-order chi connectivity index (χ1) is 9.26. The van der Waals surface area contributed by atoms with Crippen molar-refractivity contribution >= 4 is 17.4 Å². The lowest BCUT2D eigenvalue weighted by molar-refractivity contribution is 0.0270. The summed E-state index contributed by atoms with van der Waals surface area (Å²) >= 11 is 1.68. The van der Waals surface area contributed by atoms with Gasteiger partial charge in [0.15, 0.2) is 0 Å². The summed E-state index contributed by atoms with van der Waals surface area (Å²) < 4.78 is 5.36. The zero-order chi connectivity index (χ0) is 14.9. The average molecular weight is 297 g/mol. The van der Waals surface area contributed by atoms with Crippen LogP contribution in [0, 0.1) is 12.8 Å². The Bertz CT molecular complexity index is 478. The second kappa shape index (κ2) is 5.74. The molecule has 1 N–H and O–H groups in total. The Hall–Kier alpha value is -1.07. The highest BCUT2D eigenvalue weighted by molar-refractivity contribution is 7.08. The largest absolute Gasteiger partial charge is 0.444 e. The topological polar surface area (TPSA) is 49.8 Å². The van der Waals surface area contributed by atoms with Gasteiger partial charge in [-0.25, -0.2) is 4.79 Å². The normalized spacial score (nSPS) is 23.1. The van der Waals surface area contributed by atoms with Gasteiger partial charge in [0.25, 0.3) is 0 Å². The molecule has 1 amide bonds. The lowest BCUT2D eigenvalue weighted by Crippen LogP contribution is -2.35. The third-order valence-electron chi connectivity index (χ3n) is 3.50. The summed E-state index contributed by atoms with van der Waals surface area (Å²) in [5.74, 6) is 0.0934. The molecule has 1 aromatic rings. The number of amides is 1. The molecule has 2 atom stereocenters. The number of rotatable bonds is 2. The van der Waals surface area contributed by atoms with E-state index in [1.807, 2.05) is 20.8 Å². The van der Waals surface area contributed by atoms with Gasteiger partial charge in [-0.1, -0.05) is 0 Å². The van der Waals surface area contributed by atoms with Crippen LogP contribution in [0.1, 0.15) is 31.9 Å². The summed E-state index contributed by atoms with van der Waals surface area (Å²) in [6.45, 7) is 8.56. The SMILES string of the molecule is Cc1cscc1CC1CN(C(=O)OC(C)(C)C)CC1O. The second-order valence-corrected chi connectivity index (χ2v) is 7.24. The first-order valence-corrected chi connectivity index (χ1v) is 7.88. The van der Waals surface area contributed by atoms with Crippen LogP contribution in [0.2, 0.25) is 0 Å². The third-order valence-corrected chi connectivity index (χ3v) is 4.41. The van der Waals surface area contributed by atoms with Gasteiger partial charge in [-0.3, -0.25) is 0 Å². The van der Waals surface area contributed by atoms with Crippen LogP contribution in [0.4, 0.5) is 4.79 Å². The smallest absolute Gasteiger partial charge is 0.410 e. The molecule has 1 aliphatic heterocycles. The first-order valence-electron chi connectivity index (χ1n) is 6.94. The predicted molar refractivity (Wildman–Crippen MR) is 80.1 cm³/mol. The molecule has 112 valence electrons. The van der Waals surface area contributed by atoms with E-state index in [9.17, 15) is 9.90 Å². The van der Waals surface area contributed by atoms with E-state index in [1.165, 1.54) is 11.1 Å². The molecule has 1 aliphatic rings. The Balaban J connectivity index is 1.95. The van der Waals surface area contributed by atoms with Gasteiger partial charge in [0.2, 0.25) is 0 Å². The average Bonchev–Trinajstić information content (AvgIpc) is 2.86. The van der Waals surface area contributed by atoms with Gasteiger partial charge in [0.1, 0.15) is 5.60 Å². The molecule has 0 aromatic carbocycles. The fraction of sp³-hybridized carbons (Fsp3) is 0.667. The van der Waals surface area contributed by atoms with E-state index in [0.29, 0.717) is 13.1 Å². The maximum atomic E-state index is 12.0. The van der Waals surface area contributed by atoms with Crippen LogP contribution in [-0.4, -0.2) is 40.9 Å². The molecule has 0 radical (unpaired) electrons. The minimum atomic E-state index is -0.496. The van der Waals surface area contributed by atoms with Crippen molar-refractivity contribution in [2.75, 3.05) is 13.1 Å². The van der Waals surface area contributed by atoms with E-state index in [1.54, 1.807) is 16.2 Å². The van der Waals surface area contributed by atoms with Crippen molar-refractivity contribution < 1.29 is 14.6 Å². The minimum Gasteiger partial charge on any atom is -0.444 e. The Morgan fingerprint density at radius 1 is 1.45 bits per heavy atom. The van der Waals surface area contributed by atoms with Crippen molar-refractivity contribution in [3.8, 4) is 0 Å². The van der Waals surface area contributed by atoms with Crippen LogP contribution in [0.25, 0.3) is 0 Å². The summed E-state index contributed by atoms with van der Waals surface area (Å²) in [6, 6.07) is 0. The molecule has 2 rings (SSSR count). The molecule has 0 aliphatic carbocycles. The summed E-state index contributed by atoms with van der Waals surface area (Å²) in [7, 11) is 0. The van der Waals surface area contributed by atoms with Crippen LogP contribution < -0.4 is 0 Å². The number of aliphatic hydroxyl groups excluding tert-OH is 1. The van der Waals surface area contributed by atoms with Gasteiger partial charge in [0, 0.05) is 12.5 Å². The molecule has 0 bridgehead atoms. The number of β-amino-alcohol motifs (C(OH)–C–C–N with tert-alkyl or cyclic N) is 1. The number of ether oxygens (including phenoxy) is 1. The van der Waals surface area contributed by atoms with Crippen LogP contribution in [0.15, 0.2) is 10.8 Å². The fourth-order valence-corrected chi connectivity index (χ4v) is 3.28. The van der Waals surface area contributed by atoms with Gasteiger partial charge >= 0.3 is 6.09 Å². The summed E-state index contributed by atoms with van der Waals surface area (Å²) in [6.07, 6.45) is 0.0124. The molecule has 2 heterocycles. The van der Waals surface area contributed by atoms with E-state index >= 15 is 0 Å². The van der Waals surface area contributed by atoms with Crippen molar-refractivity contribution in [2.24, 2.45) is 5.92 Å². The number of hydrogen-bond donors (Lipinski definition) is 1. The zero-order valence-electron chi connectivity index (χ0n) is 12.5. The molecular formula is C15H23NO3S. The number of hydrogen-bond acceptors (Lipinski definition) is 4. The van der Waals surface area contributed by atoms with E-state index < -0.39 is 11.7 Å². The molecule has 1 aromatic heterocycles. The molecule has 0 saturated carbocycles. The molecule has 0 spiro atoms. The fourth-order valence-electron chi connectivity index (χ4n) is 2.41. The number of aryl methyl sites for hydroxylation is 1. The highest BCUT2D eigenvalue weighted by Crippen LogP contribution is 2.26. The van der Waals surface area contributed by atoms with Crippen LogP contribution in [-0.2, 0) is 11.2 Å². The summed E-state index contributed by atoms with van der Waals surface area (Å²) in [5.41, 5.74) is 2.03. The highest BCUT2D eigenvalue weighted by Gasteiger charge is 2.36. The molecular weight excluding hydrogens is 274 g/mol. The van der Waals surface area contributed by atoms with Crippen molar-refractivity contribution in [3.63, 3.8) is 0 Å². The molecule has 2 unspecified atom stereocenters. The Morgan fingerprint density at radius 3 is 2.70 bits per heavy atom. The van der Waals surface area contributed by atoms with Crippen molar-refractivity contribution in [3.05, 3.63) is 21.9 Å². The summed E-state index contributed by atoms with van der Waals surface area (Å²) in [4.78, 5) is 13.6. The van der Waals surface area contributed by atoms with Gasteiger partial charge in [-0.05, 0) is 56.0 Å². The van der Waals surface area contributed by atoms with E-state index in [-0.39, 0.29) is 12.0 Å². The van der Waals surface area contributed by atoms with Gasteiger partial charge in [-0.2, -0.15) is 11.3 Å². The predicted octanol–water partition coefficient (Wildman–Crippen LogP) is 2.83. The standard InChI is InChI=1S/C15H23NO3S/c1-10-8-20-9-12(10)5-11-6-16(7-13(11)17)14(18)19-15(2,3)4/h8-9,11,13,17H,5-7H2,1-4H3. The van der Waals surface area contributed by atoms with Crippen LogP contribution in [0.3, 0.4) is 0 Å².